The lowest BCUT2D eigenvalue weighted by Crippen LogP contribution is -2.35. The van der Waals surface area contributed by atoms with Crippen LogP contribution in [0.1, 0.15) is 44.5 Å². The maximum Gasteiger partial charge on any atom is 0.339 e. The summed E-state index contributed by atoms with van der Waals surface area (Å²) in [5, 5.41) is 13.9. The van der Waals surface area contributed by atoms with E-state index in [-0.39, 0.29) is 5.92 Å². The lowest BCUT2D eigenvalue weighted by atomic mass is 9.93. The molecule has 0 radical (unpaired) electrons. The number of nitrogens with one attached hydrogen (secondary N) is 1. The van der Waals surface area contributed by atoms with Crippen molar-refractivity contribution in [3.63, 3.8) is 0 Å². The van der Waals surface area contributed by atoms with Crippen molar-refractivity contribution >= 4 is 11.8 Å². The third kappa shape index (κ3) is 2.89. The van der Waals surface area contributed by atoms with E-state index < -0.39 is 5.97 Å². The van der Waals surface area contributed by atoms with Crippen molar-refractivity contribution in [1.29, 1.82) is 5.26 Å². The Hall–Kier alpha value is -3.67. The van der Waals surface area contributed by atoms with Crippen LogP contribution in [0.2, 0.25) is 0 Å². The second-order valence-electron chi connectivity index (χ2n) is 6.74. The van der Waals surface area contributed by atoms with Gasteiger partial charge in [0.15, 0.2) is 0 Å². The SMILES string of the molecule is COC(=O)c1cc(C#N)c(N2Cc3[nH]cnc3C(c3cnn(C)c3)C2)nc1C. The number of anilines is 1. The first-order valence-corrected chi connectivity index (χ1v) is 8.77. The molecule has 9 heteroatoms. The van der Waals surface area contributed by atoms with Crippen molar-refractivity contribution < 1.29 is 9.53 Å². The van der Waals surface area contributed by atoms with E-state index in [1.54, 1.807) is 24.0 Å². The van der Waals surface area contributed by atoms with E-state index in [0.717, 1.165) is 17.0 Å². The second kappa shape index (κ2) is 6.81. The molecule has 0 fully saturated rings. The Morgan fingerprint density at radius 1 is 1.46 bits per heavy atom. The molecule has 1 N–H and O–H groups in total. The first kappa shape index (κ1) is 17.7. The fraction of sp³-hybridized carbons (Fsp3) is 0.316. The predicted octanol–water partition coefficient (Wildman–Crippen LogP) is 1.66. The first-order chi connectivity index (χ1) is 13.5. The zero-order valence-corrected chi connectivity index (χ0v) is 15.8. The number of aromatic nitrogens is 5. The van der Waals surface area contributed by atoms with Crippen LogP contribution in [0, 0.1) is 18.3 Å². The number of pyridine rings is 1. The Balaban J connectivity index is 1.77. The average Bonchev–Trinajstić information content (AvgIpc) is 3.35. The van der Waals surface area contributed by atoms with E-state index in [0.29, 0.717) is 35.7 Å². The molecule has 1 unspecified atom stereocenters. The maximum absolute atomic E-state index is 12.0. The highest BCUT2D eigenvalue weighted by Crippen LogP contribution is 2.34. The number of H-pyrrole nitrogens is 1. The molecule has 0 saturated heterocycles. The minimum Gasteiger partial charge on any atom is -0.465 e. The van der Waals surface area contributed by atoms with Crippen LogP contribution in [0.5, 0.6) is 0 Å². The average molecular weight is 377 g/mol. The molecule has 3 aromatic rings. The lowest BCUT2D eigenvalue weighted by Gasteiger charge is -2.33. The van der Waals surface area contributed by atoms with Crippen molar-refractivity contribution in [2.45, 2.75) is 19.4 Å². The van der Waals surface area contributed by atoms with Gasteiger partial charge in [-0.25, -0.2) is 14.8 Å². The summed E-state index contributed by atoms with van der Waals surface area (Å²) in [4.78, 5) is 26.2. The van der Waals surface area contributed by atoms with Gasteiger partial charge in [-0.3, -0.25) is 4.68 Å². The summed E-state index contributed by atoms with van der Waals surface area (Å²) in [5.41, 5.74) is 4.15. The van der Waals surface area contributed by atoms with Crippen LogP contribution in [0.15, 0.2) is 24.8 Å². The molecule has 28 heavy (non-hydrogen) atoms. The summed E-state index contributed by atoms with van der Waals surface area (Å²) < 4.78 is 6.55. The van der Waals surface area contributed by atoms with Crippen LogP contribution in [0.25, 0.3) is 0 Å². The number of carbonyl (C=O) groups excluding carboxylic acids is 1. The van der Waals surface area contributed by atoms with E-state index >= 15 is 0 Å². The van der Waals surface area contributed by atoms with E-state index in [1.165, 1.54) is 7.11 Å². The predicted molar refractivity (Wildman–Crippen MR) is 99.7 cm³/mol. The number of hydrogen-bond acceptors (Lipinski definition) is 7. The van der Waals surface area contributed by atoms with E-state index in [2.05, 4.69) is 26.1 Å². The normalized spacial score (nSPS) is 15.8. The van der Waals surface area contributed by atoms with Crippen molar-refractivity contribution in [3.8, 4) is 6.07 Å². The summed E-state index contributed by atoms with van der Waals surface area (Å²) in [6, 6.07) is 3.71. The quantitative estimate of drug-likeness (QED) is 0.691. The molecular weight excluding hydrogens is 358 g/mol. The zero-order valence-electron chi connectivity index (χ0n) is 15.8. The van der Waals surface area contributed by atoms with Crippen LogP contribution in [0.3, 0.4) is 0 Å². The monoisotopic (exact) mass is 377 g/mol. The van der Waals surface area contributed by atoms with Gasteiger partial charge in [0.2, 0.25) is 0 Å². The molecule has 1 aliphatic rings. The smallest absolute Gasteiger partial charge is 0.339 e. The number of aromatic amines is 1. The number of methoxy groups -OCH3 is 1. The molecule has 3 aromatic heterocycles. The number of hydrogen-bond donors (Lipinski definition) is 1. The Morgan fingerprint density at radius 3 is 2.96 bits per heavy atom. The van der Waals surface area contributed by atoms with Gasteiger partial charge in [-0.1, -0.05) is 0 Å². The molecule has 0 bridgehead atoms. The summed E-state index contributed by atoms with van der Waals surface area (Å²) in [6.45, 7) is 2.88. The molecule has 0 aromatic carbocycles. The lowest BCUT2D eigenvalue weighted by molar-refractivity contribution is 0.0599. The van der Waals surface area contributed by atoms with Crippen molar-refractivity contribution in [1.82, 2.24) is 24.7 Å². The molecule has 1 aliphatic heterocycles. The van der Waals surface area contributed by atoms with Gasteiger partial charge in [-0.15, -0.1) is 0 Å². The van der Waals surface area contributed by atoms with Gasteiger partial charge in [0.1, 0.15) is 11.9 Å². The molecule has 0 spiro atoms. The fourth-order valence-electron chi connectivity index (χ4n) is 3.60. The van der Waals surface area contributed by atoms with E-state index in [4.69, 9.17) is 4.74 Å². The van der Waals surface area contributed by atoms with Crippen LogP contribution in [0.4, 0.5) is 5.82 Å². The second-order valence-corrected chi connectivity index (χ2v) is 6.74. The van der Waals surface area contributed by atoms with Crippen LogP contribution >= 0.6 is 0 Å². The largest absolute Gasteiger partial charge is 0.465 e. The van der Waals surface area contributed by atoms with Crippen LogP contribution in [-0.4, -0.2) is 44.4 Å². The Labute approximate surface area is 161 Å². The van der Waals surface area contributed by atoms with Gasteiger partial charge in [-0.05, 0) is 13.0 Å². The summed E-state index contributed by atoms with van der Waals surface area (Å²) in [7, 11) is 3.18. The Morgan fingerprint density at radius 2 is 2.29 bits per heavy atom. The topological polar surface area (TPSA) is 113 Å². The van der Waals surface area contributed by atoms with Gasteiger partial charge in [0.25, 0.3) is 0 Å². The van der Waals surface area contributed by atoms with Gasteiger partial charge in [0.05, 0.1) is 54.4 Å². The van der Waals surface area contributed by atoms with Crippen molar-refractivity contribution in [3.05, 3.63) is 58.6 Å². The maximum atomic E-state index is 12.0. The number of nitriles is 1. The van der Waals surface area contributed by atoms with Crippen LogP contribution in [-0.2, 0) is 18.3 Å². The molecule has 0 saturated carbocycles. The summed E-state index contributed by atoms with van der Waals surface area (Å²) in [5.74, 6) is 0.0372. The van der Waals surface area contributed by atoms with Gasteiger partial charge >= 0.3 is 5.97 Å². The molecule has 0 amide bonds. The number of esters is 1. The highest BCUT2D eigenvalue weighted by molar-refractivity contribution is 5.91. The van der Waals surface area contributed by atoms with Crippen molar-refractivity contribution in [2.24, 2.45) is 7.05 Å². The van der Waals surface area contributed by atoms with Gasteiger partial charge < -0.3 is 14.6 Å². The molecular formula is C19H19N7O2. The molecule has 4 heterocycles. The minimum atomic E-state index is -0.504. The number of nitrogens with zero attached hydrogens (tertiary/aromatic N) is 6. The first-order valence-electron chi connectivity index (χ1n) is 8.77. The third-order valence-corrected chi connectivity index (χ3v) is 4.98. The molecule has 1 atom stereocenters. The number of ether oxygens (including phenoxy) is 1. The highest BCUT2D eigenvalue weighted by atomic mass is 16.5. The van der Waals surface area contributed by atoms with Gasteiger partial charge in [0, 0.05) is 31.3 Å². The molecule has 142 valence electrons. The van der Waals surface area contributed by atoms with E-state index in [9.17, 15) is 10.1 Å². The summed E-state index contributed by atoms with van der Waals surface area (Å²) >= 11 is 0. The number of imidazole rings is 1. The van der Waals surface area contributed by atoms with Crippen LogP contribution < -0.4 is 4.90 Å². The van der Waals surface area contributed by atoms with Crippen molar-refractivity contribution in [2.75, 3.05) is 18.6 Å². The van der Waals surface area contributed by atoms with Gasteiger partial charge in [-0.2, -0.15) is 10.4 Å². The number of rotatable bonds is 3. The standard InChI is InChI=1S/C19H19N7O2/c1-11-14(19(27)28-3)4-12(5-20)18(24-11)26-8-15(13-6-23-25(2)7-13)17-16(9-26)21-10-22-17/h4,6-7,10,15H,8-9H2,1-3H3,(H,21,22). The Bertz CT molecular complexity index is 1090. The Kier molecular flexibility index (Phi) is 4.31. The summed E-state index contributed by atoms with van der Waals surface area (Å²) in [6.07, 6.45) is 5.48. The minimum absolute atomic E-state index is 0.00219. The highest BCUT2D eigenvalue weighted by Gasteiger charge is 2.32. The number of carbonyl (C=O) groups is 1. The third-order valence-electron chi connectivity index (χ3n) is 4.98. The number of aryl methyl sites for hydroxylation is 2. The molecule has 9 nitrogen and oxygen atoms in total. The zero-order chi connectivity index (χ0) is 19.8. The fourth-order valence-corrected chi connectivity index (χ4v) is 3.60. The number of fused-ring (bicyclic) bond motifs is 1. The van der Waals surface area contributed by atoms with E-state index in [1.807, 2.05) is 24.3 Å². The molecule has 4 rings (SSSR count). The molecule has 0 aliphatic carbocycles.